The predicted molar refractivity (Wildman–Crippen MR) is 79.3 cm³/mol. The highest BCUT2D eigenvalue weighted by Crippen LogP contribution is 2.29. The number of nitrogens with two attached hydrogens (primary N) is 1. The van der Waals surface area contributed by atoms with Crippen molar-refractivity contribution in [3.63, 3.8) is 0 Å². The Morgan fingerprint density at radius 2 is 2.00 bits per heavy atom. The van der Waals surface area contributed by atoms with Crippen molar-refractivity contribution in [2.24, 2.45) is 11.7 Å². The first kappa shape index (κ1) is 14.5. The lowest BCUT2D eigenvalue weighted by Crippen LogP contribution is -2.51. The van der Waals surface area contributed by atoms with Gasteiger partial charge in [0, 0.05) is 38.2 Å². The van der Waals surface area contributed by atoms with Gasteiger partial charge in [0.15, 0.2) is 0 Å². The van der Waals surface area contributed by atoms with Crippen LogP contribution >= 0.6 is 0 Å². The van der Waals surface area contributed by atoms with Gasteiger partial charge in [0.1, 0.15) is 0 Å². The molecule has 106 valence electrons. The summed E-state index contributed by atoms with van der Waals surface area (Å²) in [6.07, 6.45) is 0. The van der Waals surface area contributed by atoms with Crippen molar-refractivity contribution in [3.8, 4) is 0 Å². The molecule has 19 heavy (non-hydrogen) atoms. The molecule has 0 spiro atoms. The second kappa shape index (κ2) is 7.04. The van der Waals surface area contributed by atoms with Gasteiger partial charge in [-0.25, -0.2) is 0 Å². The Bertz CT molecular complexity index is 368. The predicted octanol–water partition coefficient (Wildman–Crippen LogP) is 2.09. The Hall–Kier alpha value is -0.900. The summed E-state index contributed by atoms with van der Waals surface area (Å²) in [6, 6.07) is 10.9. The fourth-order valence-electron chi connectivity index (χ4n) is 2.95. The Morgan fingerprint density at radius 3 is 2.68 bits per heavy atom. The third kappa shape index (κ3) is 3.78. The molecule has 0 radical (unpaired) electrons. The summed E-state index contributed by atoms with van der Waals surface area (Å²) in [5, 5.41) is 0. The summed E-state index contributed by atoms with van der Waals surface area (Å²) in [4.78, 5) is 2.49. The molecule has 0 aromatic heterocycles. The van der Waals surface area contributed by atoms with Crippen LogP contribution in [-0.2, 0) is 4.74 Å². The molecule has 1 saturated heterocycles. The van der Waals surface area contributed by atoms with Gasteiger partial charge in [-0.3, -0.25) is 0 Å². The molecule has 1 heterocycles. The summed E-state index contributed by atoms with van der Waals surface area (Å²) in [7, 11) is 0. The molecular weight excluding hydrogens is 236 g/mol. The van der Waals surface area contributed by atoms with Gasteiger partial charge >= 0.3 is 0 Å². The summed E-state index contributed by atoms with van der Waals surface area (Å²) >= 11 is 0. The summed E-state index contributed by atoms with van der Waals surface area (Å²) < 4.78 is 5.47. The van der Waals surface area contributed by atoms with Crippen LogP contribution in [0.1, 0.15) is 25.3 Å². The van der Waals surface area contributed by atoms with Crippen LogP contribution in [0.5, 0.6) is 0 Å². The van der Waals surface area contributed by atoms with E-state index in [1.165, 1.54) is 5.56 Å². The molecule has 0 saturated carbocycles. The van der Waals surface area contributed by atoms with Gasteiger partial charge in [-0.1, -0.05) is 37.3 Å². The Balaban J connectivity index is 2.01. The normalized spacial score (nSPS) is 28.5. The van der Waals surface area contributed by atoms with Crippen LogP contribution in [0.2, 0.25) is 0 Å². The van der Waals surface area contributed by atoms with Gasteiger partial charge in [-0.15, -0.1) is 0 Å². The zero-order valence-corrected chi connectivity index (χ0v) is 12.1. The van der Waals surface area contributed by atoms with Crippen molar-refractivity contribution in [1.82, 2.24) is 4.90 Å². The number of piperidine rings is 1. The van der Waals surface area contributed by atoms with Crippen molar-refractivity contribution in [1.29, 1.82) is 0 Å². The smallest absolute Gasteiger partial charge is 0.0593 e. The van der Waals surface area contributed by atoms with E-state index < -0.39 is 0 Å². The maximum atomic E-state index is 6.41. The average molecular weight is 262 g/mol. The minimum absolute atomic E-state index is 0.255. The molecular formula is C16H26N2O. The van der Waals surface area contributed by atoms with Gasteiger partial charge in [-0.05, 0) is 18.4 Å². The average Bonchev–Trinajstić information content (AvgIpc) is 2.44. The first-order valence-corrected chi connectivity index (χ1v) is 7.33. The number of hydrogen-bond acceptors (Lipinski definition) is 3. The van der Waals surface area contributed by atoms with Crippen LogP contribution in [0.25, 0.3) is 0 Å². The van der Waals surface area contributed by atoms with Crippen LogP contribution in [0, 0.1) is 5.92 Å². The standard InChI is InChI=1S/C16H26N2O/c1-3-19-10-9-18-11-13(2)16(17)15(12-18)14-7-5-4-6-8-14/h4-8,13,15-16H,3,9-12,17H2,1-2H3/t13-,15?,16-/m0/s1. The Morgan fingerprint density at radius 1 is 1.26 bits per heavy atom. The molecule has 3 atom stereocenters. The SMILES string of the molecule is CCOCCN1CC(c2ccccc2)[C@@H](N)[C@@H](C)C1. The zero-order valence-electron chi connectivity index (χ0n) is 12.1. The van der Waals surface area contributed by atoms with Crippen molar-refractivity contribution in [2.75, 3.05) is 32.8 Å². The quantitative estimate of drug-likeness (QED) is 0.826. The van der Waals surface area contributed by atoms with E-state index >= 15 is 0 Å². The highest BCUT2D eigenvalue weighted by molar-refractivity contribution is 5.23. The fourth-order valence-corrected chi connectivity index (χ4v) is 2.95. The van der Waals surface area contributed by atoms with Crippen molar-refractivity contribution in [3.05, 3.63) is 35.9 Å². The van der Waals surface area contributed by atoms with Crippen molar-refractivity contribution < 1.29 is 4.74 Å². The van der Waals surface area contributed by atoms with Gasteiger partial charge < -0.3 is 15.4 Å². The van der Waals surface area contributed by atoms with Crippen molar-refractivity contribution >= 4 is 0 Å². The molecule has 1 fully saturated rings. The molecule has 1 aromatic rings. The van der Waals surface area contributed by atoms with Crippen LogP contribution in [0.15, 0.2) is 30.3 Å². The maximum absolute atomic E-state index is 6.41. The maximum Gasteiger partial charge on any atom is 0.0593 e. The molecule has 2 rings (SSSR count). The Labute approximate surface area is 116 Å². The van der Waals surface area contributed by atoms with E-state index in [4.69, 9.17) is 10.5 Å². The van der Waals surface area contributed by atoms with E-state index in [2.05, 4.69) is 42.2 Å². The fraction of sp³-hybridized carbons (Fsp3) is 0.625. The van der Waals surface area contributed by atoms with Gasteiger partial charge in [0.2, 0.25) is 0 Å². The molecule has 1 unspecified atom stereocenters. The van der Waals surface area contributed by atoms with Gasteiger partial charge in [-0.2, -0.15) is 0 Å². The molecule has 3 heteroatoms. The molecule has 2 N–H and O–H groups in total. The van der Waals surface area contributed by atoms with Crippen LogP contribution < -0.4 is 5.73 Å². The molecule has 1 aromatic carbocycles. The molecule has 3 nitrogen and oxygen atoms in total. The number of benzene rings is 1. The molecule has 0 aliphatic carbocycles. The van der Waals surface area contributed by atoms with E-state index in [-0.39, 0.29) is 6.04 Å². The largest absolute Gasteiger partial charge is 0.380 e. The highest BCUT2D eigenvalue weighted by atomic mass is 16.5. The van der Waals surface area contributed by atoms with E-state index in [0.717, 1.165) is 32.8 Å². The van der Waals surface area contributed by atoms with Crippen LogP contribution in [0.4, 0.5) is 0 Å². The van der Waals surface area contributed by atoms with Gasteiger partial charge in [0.25, 0.3) is 0 Å². The van der Waals surface area contributed by atoms with E-state index in [1.807, 2.05) is 6.92 Å². The highest BCUT2D eigenvalue weighted by Gasteiger charge is 2.32. The van der Waals surface area contributed by atoms with Crippen LogP contribution in [-0.4, -0.2) is 43.8 Å². The topological polar surface area (TPSA) is 38.5 Å². The summed E-state index contributed by atoms with van der Waals surface area (Å²) in [6.45, 7) is 9.05. The monoisotopic (exact) mass is 262 g/mol. The number of rotatable bonds is 5. The van der Waals surface area contributed by atoms with Crippen LogP contribution in [0.3, 0.4) is 0 Å². The summed E-state index contributed by atoms with van der Waals surface area (Å²) in [5.41, 5.74) is 7.78. The molecule has 1 aliphatic rings. The number of likely N-dealkylation sites (tertiary alicyclic amines) is 1. The number of ether oxygens (including phenoxy) is 1. The second-order valence-corrected chi connectivity index (χ2v) is 5.53. The lowest BCUT2D eigenvalue weighted by Gasteiger charge is -2.41. The third-order valence-electron chi connectivity index (χ3n) is 4.11. The van der Waals surface area contributed by atoms with Gasteiger partial charge in [0.05, 0.1) is 6.61 Å². The second-order valence-electron chi connectivity index (χ2n) is 5.53. The van der Waals surface area contributed by atoms with E-state index in [9.17, 15) is 0 Å². The molecule has 0 bridgehead atoms. The molecule has 0 amide bonds. The summed E-state index contributed by atoms with van der Waals surface area (Å²) in [5.74, 6) is 0.965. The first-order chi connectivity index (χ1) is 9.22. The number of hydrogen-bond donors (Lipinski definition) is 1. The Kier molecular flexibility index (Phi) is 5.37. The van der Waals surface area contributed by atoms with E-state index in [1.54, 1.807) is 0 Å². The minimum atomic E-state index is 0.255. The zero-order chi connectivity index (χ0) is 13.7. The molecule has 1 aliphatic heterocycles. The van der Waals surface area contributed by atoms with Crippen molar-refractivity contribution in [2.45, 2.75) is 25.8 Å². The van der Waals surface area contributed by atoms with E-state index in [0.29, 0.717) is 11.8 Å². The minimum Gasteiger partial charge on any atom is -0.380 e. The number of nitrogens with zero attached hydrogens (tertiary/aromatic N) is 1. The lowest BCUT2D eigenvalue weighted by atomic mass is 9.81. The lowest BCUT2D eigenvalue weighted by molar-refractivity contribution is 0.0810. The third-order valence-corrected chi connectivity index (χ3v) is 4.11. The first-order valence-electron chi connectivity index (χ1n) is 7.33.